The van der Waals surface area contributed by atoms with Crippen LogP contribution in [0.2, 0.25) is 0 Å². The van der Waals surface area contributed by atoms with Gasteiger partial charge in [-0.1, -0.05) is 19.1 Å². The summed E-state index contributed by atoms with van der Waals surface area (Å²) in [6, 6.07) is 5.77. The molecule has 1 atom stereocenters. The summed E-state index contributed by atoms with van der Waals surface area (Å²) in [4.78, 5) is 6.19. The highest BCUT2D eigenvalue weighted by atomic mass is 79.9. The lowest BCUT2D eigenvalue weighted by molar-refractivity contribution is 0.232. The van der Waals surface area contributed by atoms with Crippen molar-refractivity contribution in [3.63, 3.8) is 0 Å². The average Bonchev–Trinajstić information content (AvgIpc) is 2.43. The van der Waals surface area contributed by atoms with Crippen LogP contribution in [0.25, 0.3) is 0 Å². The molecule has 20 heavy (non-hydrogen) atoms. The van der Waals surface area contributed by atoms with Gasteiger partial charge in [-0.15, -0.1) is 0 Å². The first-order valence-electron chi connectivity index (χ1n) is 6.41. The van der Waals surface area contributed by atoms with Crippen LogP contribution in [0.15, 0.2) is 39.4 Å². The number of halogens is 2. The van der Waals surface area contributed by atoms with E-state index in [-0.39, 0.29) is 5.82 Å². The van der Waals surface area contributed by atoms with Crippen molar-refractivity contribution in [2.24, 2.45) is 4.99 Å². The van der Waals surface area contributed by atoms with Crippen LogP contribution in [-0.4, -0.2) is 29.9 Å². The smallest absolute Gasteiger partial charge is 0.139 e. The fourth-order valence-corrected chi connectivity index (χ4v) is 2.00. The van der Waals surface area contributed by atoms with E-state index in [2.05, 4.69) is 20.9 Å². The van der Waals surface area contributed by atoms with Crippen molar-refractivity contribution in [1.82, 2.24) is 4.90 Å². The topological polar surface area (TPSA) is 35.8 Å². The first-order valence-corrected chi connectivity index (χ1v) is 7.20. The van der Waals surface area contributed by atoms with Crippen LogP contribution in [0.5, 0.6) is 0 Å². The van der Waals surface area contributed by atoms with Crippen molar-refractivity contribution in [2.75, 3.05) is 14.1 Å². The summed E-state index contributed by atoms with van der Waals surface area (Å²) >= 11 is 3.42. The molecule has 0 radical (unpaired) electrons. The Morgan fingerprint density at radius 3 is 2.35 bits per heavy atom. The maximum absolute atomic E-state index is 12.9. The zero-order chi connectivity index (χ0) is 15.3. The maximum Gasteiger partial charge on any atom is 0.139 e. The van der Waals surface area contributed by atoms with Crippen molar-refractivity contribution in [3.8, 4) is 0 Å². The molecule has 1 unspecified atom stereocenters. The SMILES string of the molecule is CC/C(C)=C(/Br)N=C(C(O)c1ccc(F)cc1)N(C)C. The molecule has 110 valence electrons. The van der Waals surface area contributed by atoms with Gasteiger partial charge in [-0.05, 0) is 52.5 Å². The van der Waals surface area contributed by atoms with E-state index < -0.39 is 6.10 Å². The van der Waals surface area contributed by atoms with Crippen LogP contribution < -0.4 is 0 Å². The number of aliphatic hydroxyl groups is 1. The predicted molar refractivity (Wildman–Crippen MR) is 84.4 cm³/mol. The molecule has 0 fully saturated rings. The number of rotatable bonds is 4. The van der Waals surface area contributed by atoms with Gasteiger partial charge in [0.2, 0.25) is 0 Å². The summed E-state index contributed by atoms with van der Waals surface area (Å²) in [5.74, 6) is 0.170. The van der Waals surface area contributed by atoms with Crippen molar-refractivity contribution in [3.05, 3.63) is 45.8 Å². The van der Waals surface area contributed by atoms with E-state index in [9.17, 15) is 9.50 Å². The lowest BCUT2D eigenvalue weighted by Crippen LogP contribution is -2.28. The van der Waals surface area contributed by atoms with Crippen molar-refractivity contribution in [1.29, 1.82) is 0 Å². The number of benzene rings is 1. The number of hydrogen-bond donors (Lipinski definition) is 1. The minimum atomic E-state index is -0.900. The minimum Gasteiger partial charge on any atom is -0.380 e. The van der Waals surface area contributed by atoms with E-state index in [0.717, 1.165) is 12.0 Å². The molecule has 0 aromatic heterocycles. The van der Waals surface area contributed by atoms with E-state index in [0.29, 0.717) is 16.0 Å². The third kappa shape index (κ3) is 4.42. The molecule has 0 heterocycles. The Kier molecular flexibility index (Phi) is 6.36. The monoisotopic (exact) mass is 342 g/mol. The number of allylic oxidation sites excluding steroid dienone is 1. The van der Waals surface area contributed by atoms with Gasteiger partial charge in [0.1, 0.15) is 22.4 Å². The molecule has 0 aliphatic heterocycles. The van der Waals surface area contributed by atoms with Gasteiger partial charge in [0.25, 0.3) is 0 Å². The number of amidine groups is 1. The molecule has 3 nitrogen and oxygen atoms in total. The quantitative estimate of drug-likeness (QED) is 0.512. The summed E-state index contributed by atoms with van der Waals surface area (Å²) in [5, 5.41) is 10.4. The molecule has 0 aliphatic rings. The number of nitrogens with zero attached hydrogens (tertiary/aromatic N) is 2. The summed E-state index contributed by atoms with van der Waals surface area (Å²) in [7, 11) is 3.63. The number of hydrogen-bond acceptors (Lipinski definition) is 2. The first kappa shape index (κ1) is 16.9. The van der Waals surface area contributed by atoms with Crippen molar-refractivity contribution < 1.29 is 9.50 Å². The Morgan fingerprint density at radius 1 is 1.35 bits per heavy atom. The standard InChI is InChI=1S/C15H20BrFN2O/c1-5-10(2)14(16)18-15(19(3)4)13(20)11-6-8-12(17)9-7-11/h6-9,13,20H,5H2,1-4H3/b14-10-,18-15?. The number of aliphatic hydroxyl groups excluding tert-OH is 1. The molecule has 0 aliphatic carbocycles. The highest BCUT2D eigenvalue weighted by Gasteiger charge is 2.18. The van der Waals surface area contributed by atoms with Gasteiger partial charge in [0, 0.05) is 14.1 Å². The third-order valence-corrected chi connectivity index (χ3v) is 3.84. The lowest BCUT2D eigenvalue weighted by atomic mass is 10.1. The molecule has 0 spiro atoms. The van der Waals surface area contributed by atoms with Gasteiger partial charge in [0.05, 0.1) is 0 Å². The lowest BCUT2D eigenvalue weighted by Gasteiger charge is -2.21. The Morgan fingerprint density at radius 2 is 1.90 bits per heavy atom. The van der Waals surface area contributed by atoms with Gasteiger partial charge in [-0.3, -0.25) is 0 Å². The summed E-state index contributed by atoms with van der Waals surface area (Å²) in [6.07, 6.45) is -0.0277. The van der Waals surface area contributed by atoms with Crippen LogP contribution in [0, 0.1) is 5.82 Å². The molecule has 0 saturated heterocycles. The molecular weight excluding hydrogens is 323 g/mol. The van der Waals surface area contributed by atoms with E-state index in [1.54, 1.807) is 17.0 Å². The molecule has 5 heteroatoms. The zero-order valence-corrected chi connectivity index (χ0v) is 13.8. The highest BCUT2D eigenvalue weighted by Crippen LogP contribution is 2.22. The summed E-state index contributed by atoms with van der Waals surface area (Å²) in [5.41, 5.74) is 1.70. The fraction of sp³-hybridized carbons (Fsp3) is 0.400. The van der Waals surface area contributed by atoms with Crippen LogP contribution in [0.4, 0.5) is 4.39 Å². The van der Waals surface area contributed by atoms with Gasteiger partial charge in [-0.25, -0.2) is 9.38 Å². The molecule has 1 N–H and O–H groups in total. The van der Waals surface area contributed by atoms with Crippen LogP contribution in [0.1, 0.15) is 31.9 Å². The van der Waals surface area contributed by atoms with E-state index in [4.69, 9.17) is 0 Å². The van der Waals surface area contributed by atoms with Gasteiger partial charge >= 0.3 is 0 Å². The van der Waals surface area contributed by atoms with E-state index in [1.807, 2.05) is 27.9 Å². The van der Waals surface area contributed by atoms with Gasteiger partial charge in [-0.2, -0.15) is 0 Å². The molecule has 1 aromatic rings. The Bertz CT molecular complexity index is 509. The zero-order valence-electron chi connectivity index (χ0n) is 12.2. The second kappa shape index (κ2) is 7.55. The van der Waals surface area contributed by atoms with Crippen LogP contribution >= 0.6 is 15.9 Å². The van der Waals surface area contributed by atoms with E-state index in [1.165, 1.54) is 12.1 Å². The molecule has 1 rings (SSSR count). The molecular formula is C15H20BrFN2O. The summed E-state index contributed by atoms with van der Waals surface area (Å²) < 4.78 is 13.6. The minimum absolute atomic E-state index is 0.327. The Labute approximate surface area is 128 Å². The van der Waals surface area contributed by atoms with Crippen LogP contribution in [-0.2, 0) is 0 Å². The second-order valence-corrected chi connectivity index (χ2v) is 5.49. The maximum atomic E-state index is 12.9. The van der Waals surface area contributed by atoms with Crippen LogP contribution in [0.3, 0.4) is 0 Å². The van der Waals surface area contributed by atoms with Crippen molar-refractivity contribution in [2.45, 2.75) is 26.4 Å². The highest BCUT2D eigenvalue weighted by molar-refractivity contribution is 9.11. The second-order valence-electron chi connectivity index (χ2n) is 4.74. The largest absolute Gasteiger partial charge is 0.380 e. The fourth-order valence-electron chi connectivity index (χ4n) is 1.54. The Balaban J connectivity index is 3.14. The number of likely N-dealkylation sites (N-methyl/N-ethyl adjacent to an activating group) is 1. The molecule has 0 bridgehead atoms. The number of aliphatic imine (C=N–C) groups is 1. The first-order chi connectivity index (χ1) is 9.36. The van der Waals surface area contributed by atoms with Gasteiger partial charge < -0.3 is 10.0 Å². The third-order valence-electron chi connectivity index (χ3n) is 2.98. The Hall–Kier alpha value is -1.20. The predicted octanol–water partition coefficient (Wildman–Crippen LogP) is 3.86. The molecule has 0 amide bonds. The van der Waals surface area contributed by atoms with Gasteiger partial charge in [0.15, 0.2) is 0 Å². The molecule has 1 aromatic carbocycles. The summed E-state index contributed by atoms with van der Waals surface area (Å²) in [6.45, 7) is 4.02. The van der Waals surface area contributed by atoms with Crippen molar-refractivity contribution >= 4 is 21.8 Å². The normalized spacial score (nSPS) is 14.8. The van der Waals surface area contributed by atoms with E-state index >= 15 is 0 Å². The molecule has 0 saturated carbocycles. The average molecular weight is 343 g/mol.